The summed E-state index contributed by atoms with van der Waals surface area (Å²) >= 11 is 7.85. The second-order valence-electron chi connectivity index (χ2n) is 10.8. The number of nitrogens with one attached hydrogen (secondary N) is 1. The number of nitrogens with zero attached hydrogens (tertiary/aromatic N) is 5. The minimum Gasteiger partial charge on any atom is -0.478 e. The number of esters is 1. The van der Waals surface area contributed by atoms with Crippen molar-refractivity contribution >= 4 is 46.7 Å². The lowest BCUT2D eigenvalue weighted by Gasteiger charge is -2.38. The second-order valence-corrected chi connectivity index (χ2v) is 12.1. The highest BCUT2D eigenvalue weighted by atomic mass is 35.5. The van der Waals surface area contributed by atoms with E-state index in [0.29, 0.717) is 60.4 Å². The molecule has 0 bridgehead atoms. The highest BCUT2D eigenvalue weighted by Gasteiger charge is 2.41. The molecule has 2 atom stereocenters. The first kappa shape index (κ1) is 31.2. The quantitative estimate of drug-likeness (QED) is 0.290. The number of aromatic nitrogens is 1. The Bertz CT molecular complexity index is 1800. The van der Waals surface area contributed by atoms with Crippen LogP contribution in [0, 0.1) is 17.7 Å². The highest BCUT2D eigenvalue weighted by Crippen LogP contribution is 2.37. The summed E-state index contributed by atoms with van der Waals surface area (Å²) in [6.45, 7) is 2.65. The fourth-order valence-electron chi connectivity index (χ4n) is 5.74. The van der Waals surface area contributed by atoms with Crippen LogP contribution in [0.25, 0.3) is 0 Å². The Labute approximate surface area is 272 Å². The van der Waals surface area contributed by atoms with E-state index in [4.69, 9.17) is 26.4 Å². The molecule has 46 heavy (non-hydrogen) atoms. The number of thiazole rings is 1. The minimum atomic E-state index is -1.00. The van der Waals surface area contributed by atoms with Gasteiger partial charge in [0, 0.05) is 66.1 Å². The van der Waals surface area contributed by atoms with Gasteiger partial charge in [-0.15, -0.1) is 11.3 Å². The maximum Gasteiger partial charge on any atom is 0.338 e. The van der Waals surface area contributed by atoms with Crippen molar-refractivity contribution in [2.45, 2.75) is 12.1 Å². The molecule has 0 spiro atoms. The number of ether oxygens (including phenoxy) is 1. The number of aliphatic imine (C=N–C) groups is 1. The van der Waals surface area contributed by atoms with E-state index in [1.54, 1.807) is 23.2 Å². The average molecular weight is 663 g/mol. The zero-order valence-electron chi connectivity index (χ0n) is 24.6. The van der Waals surface area contributed by atoms with Crippen molar-refractivity contribution in [2.75, 3.05) is 46.4 Å². The molecule has 6 rings (SSSR count). The molecular formula is C32H28ClFN6O5S. The number of halogens is 2. The molecule has 0 aliphatic carbocycles. The number of carbonyl (C=O) groups is 3. The first-order valence-electron chi connectivity index (χ1n) is 14.3. The van der Waals surface area contributed by atoms with Gasteiger partial charge in [-0.05, 0) is 36.4 Å². The van der Waals surface area contributed by atoms with Gasteiger partial charge in [0.25, 0.3) is 0 Å². The van der Waals surface area contributed by atoms with Gasteiger partial charge in [0.2, 0.25) is 0 Å². The molecule has 1 aromatic heterocycles. The molecule has 3 aliphatic rings. The van der Waals surface area contributed by atoms with E-state index in [0.717, 1.165) is 0 Å². The van der Waals surface area contributed by atoms with Gasteiger partial charge in [-0.3, -0.25) is 9.89 Å². The van der Waals surface area contributed by atoms with Crippen LogP contribution in [0.1, 0.15) is 32.5 Å². The Balaban J connectivity index is 1.20. The van der Waals surface area contributed by atoms with Gasteiger partial charge in [-0.25, -0.2) is 23.8 Å². The first-order valence-corrected chi connectivity index (χ1v) is 15.6. The molecule has 2 saturated heterocycles. The molecular weight excluding hydrogens is 635 g/mol. The van der Waals surface area contributed by atoms with Gasteiger partial charge in [-0.1, -0.05) is 29.5 Å². The predicted molar refractivity (Wildman–Crippen MR) is 169 cm³/mol. The Hall–Kier alpha value is -4.77. The number of carboxylic acid groups (broad SMARTS) is 1. The molecule has 2 amide bonds. The average Bonchev–Trinajstić information content (AvgIpc) is 3.69. The highest BCUT2D eigenvalue weighted by molar-refractivity contribution is 7.11. The fraction of sp³-hybridized carbons (Fsp3) is 0.281. The lowest BCUT2D eigenvalue weighted by molar-refractivity contribution is -0.136. The maximum atomic E-state index is 14.0. The van der Waals surface area contributed by atoms with Gasteiger partial charge >= 0.3 is 18.0 Å². The molecule has 2 fully saturated rings. The topological polar surface area (TPSA) is 128 Å². The second kappa shape index (κ2) is 13.3. The van der Waals surface area contributed by atoms with E-state index in [2.05, 4.69) is 27.0 Å². The third-order valence-electron chi connectivity index (χ3n) is 7.95. The van der Waals surface area contributed by atoms with Crippen molar-refractivity contribution in [3.63, 3.8) is 0 Å². The minimum absolute atomic E-state index is 0.0851. The standard InChI is InChI=1S/C32H28ClFN6O5S/c1-45-31(43)26-25(36-28(29-35-10-14-46-29)37-27(26)23-9-8-21(34)15-24(23)33)18-38-12-13-40-22(16-38)17-39(32(40)44)11-2-3-19-4-6-20(7-5-19)30(41)42/h4-10,14-15,22,27H,11-13,16-18H2,1H3,(H,36,37)(H,41,42)/t22?,27-/m0/s1. The number of carbonyl (C=O) groups excluding carboxylic acids is 2. The molecule has 14 heteroatoms. The van der Waals surface area contributed by atoms with Crippen molar-refractivity contribution in [2.24, 2.45) is 4.99 Å². The third kappa shape index (κ3) is 6.46. The number of rotatable bonds is 7. The lowest BCUT2D eigenvalue weighted by Crippen LogP contribution is -2.53. The number of benzene rings is 2. The van der Waals surface area contributed by atoms with E-state index in [-0.39, 0.29) is 34.8 Å². The summed E-state index contributed by atoms with van der Waals surface area (Å²) in [6.07, 6.45) is 1.66. The van der Waals surface area contributed by atoms with E-state index in [9.17, 15) is 18.8 Å². The van der Waals surface area contributed by atoms with E-state index >= 15 is 0 Å². The molecule has 11 nitrogen and oxygen atoms in total. The number of carboxylic acids is 1. The molecule has 2 N–H and O–H groups in total. The predicted octanol–water partition coefficient (Wildman–Crippen LogP) is 3.63. The van der Waals surface area contributed by atoms with Crippen LogP contribution in [0.4, 0.5) is 9.18 Å². The fourth-order valence-corrected chi connectivity index (χ4v) is 6.60. The van der Waals surface area contributed by atoms with Gasteiger partial charge in [-0.2, -0.15) is 0 Å². The maximum absolute atomic E-state index is 14.0. The van der Waals surface area contributed by atoms with Crippen molar-refractivity contribution in [3.8, 4) is 11.8 Å². The normalized spacial score (nSPS) is 19.6. The van der Waals surface area contributed by atoms with Crippen LogP contribution < -0.4 is 5.32 Å². The van der Waals surface area contributed by atoms with E-state index < -0.39 is 23.8 Å². The molecule has 0 radical (unpaired) electrons. The third-order valence-corrected chi connectivity index (χ3v) is 9.06. The monoisotopic (exact) mass is 662 g/mol. The van der Waals surface area contributed by atoms with Crippen LogP contribution >= 0.6 is 22.9 Å². The number of amides is 2. The number of methoxy groups -OCH3 is 1. The molecule has 3 aliphatic heterocycles. The Morgan fingerprint density at radius 2 is 2.00 bits per heavy atom. The Morgan fingerprint density at radius 3 is 2.70 bits per heavy atom. The number of urea groups is 1. The number of aromatic carboxylic acids is 1. The van der Waals surface area contributed by atoms with E-state index in [1.807, 2.05) is 10.3 Å². The Kier molecular flexibility index (Phi) is 9.03. The summed E-state index contributed by atoms with van der Waals surface area (Å²) in [5.74, 6) is 4.38. The smallest absolute Gasteiger partial charge is 0.338 e. The summed E-state index contributed by atoms with van der Waals surface area (Å²) in [7, 11) is 1.29. The first-order chi connectivity index (χ1) is 22.2. The number of amidine groups is 1. The van der Waals surface area contributed by atoms with Crippen molar-refractivity contribution in [3.05, 3.63) is 97.8 Å². The van der Waals surface area contributed by atoms with Crippen molar-refractivity contribution < 1.29 is 28.6 Å². The molecule has 3 aromatic rings. The zero-order chi connectivity index (χ0) is 32.4. The molecule has 2 aromatic carbocycles. The molecule has 0 saturated carbocycles. The largest absolute Gasteiger partial charge is 0.478 e. The van der Waals surface area contributed by atoms with Gasteiger partial charge in [0.05, 0.1) is 30.8 Å². The molecule has 1 unspecified atom stereocenters. The van der Waals surface area contributed by atoms with E-state index in [1.165, 1.54) is 48.8 Å². The zero-order valence-corrected chi connectivity index (χ0v) is 26.1. The number of piperazine rings is 1. The molecule has 4 heterocycles. The summed E-state index contributed by atoms with van der Waals surface area (Å²) in [5, 5.41) is 14.9. The van der Waals surface area contributed by atoms with Crippen molar-refractivity contribution in [1.29, 1.82) is 0 Å². The number of fused-ring (bicyclic) bond motifs is 1. The van der Waals surface area contributed by atoms with Crippen molar-refractivity contribution in [1.82, 2.24) is 25.0 Å². The summed E-state index contributed by atoms with van der Waals surface area (Å²) < 4.78 is 19.1. The van der Waals surface area contributed by atoms with Crippen LogP contribution in [-0.4, -0.2) is 101 Å². The van der Waals surface area contributed by atoms with Gasteiger partial charge in [0.1, 0.15) is 11.9 Å². The van der Waals surface area contributed by atoms with Crippen LogP contribution in [0.15, 0.2) is 70.3 Å². The van der Waals surface area contributed by atoms with Gasteiger partial charge < -0.3 is 25.0 Å². The molecule has 236 valence electrons. The van der Waals surface area contributed by atoms with Gasteiger partial charge in [0.15, 0.2) is 10.8 Å². The Morgan fingerprint density at radius 1 is 1.20 bits per heavy atom. The number of hydrogen-bond acceptors (Lipinski definition) is 9. The number of hydrogen-bond donors (Lipinski definition) is 2. The summed E-state index contributed by atoms with van der Waals surface area (Å²) in [6, 6.07) is 9.21. The SMILES string of the molecule is COC(=O)C1=C(CN2CCN3C(=O)N(CC#Cc4ccc(C(=O)O)cc4)CC3C2)NC(c2nccs2)=N[C@H]1c1ccc(F)cc1Cl. The summed E-state index contributed by atoms with van der Waals surface area (Å²) in [5.41, 5.74) is 2.12. The lowest BCUT2D eigenvalue weighted by atomic mass is 9.95. The van der Waals surface area contributed by atoms with Crippen LogP contribution in [0.3, 0.4) is 0 Å². The van der Waals surface area contributed by atoms with Crippen LogP contribution in [-0.2, 0) is 9.53 Å². The van der Waals surface area contributed by atoms with Crippen LogP contribution in [0.5, 0.6) is 0 Å². The summed E-state index contributed by atoms with van der Waals surface area (Å²) in [4.78, 5) is 52.4. The van der Waals surface area contributed by atoms with Crippen LogP contribution in [0.2, 0.25) is 5.02 Å².